The molecule has 32 heavy (non-hydrogen) atoms. The number of imidazole rings is 1. The van der Waals surface area contributed by atoms with Crippen molar-refractivity contribution in [3.8, 4) is 11.5 Å². The lowest BCUT2D eigenvalue weighted by Crippen LogP contribution is -2.25. The van der Waals surface area contributed by atoms with E-state index >= 15 is 0 Å². The number of aromatic amines is 1. The van der Waals surface area contributed by atoms with E-state index < -0.39 is 18.1 Å². The number of carbonyl (C=O) groups excluding carboxylic acids is 2. The maximum Gasteiger partial charge on any atom is 0.586 e. The first-order valence-electron chi connectivity index (χ1n) is 8.89. The van der Waals surface area contributed by atoms with Crippen molar-refractivity contribution in [1.82, 2.24) is 15.0 Å². The molecule has 0 radical (unpaired) electrons. The average molecular weight is 478 g/mol. The van der Waals surface area contributed by atoms with Crippen LogP contribution in [0.3, 0.4) is 0 Å². The summed E-state index contributed by atoms with van der Waals surface area (Å²) in [6, 6.07) is 8.86. The second-order valence-corrected chi connectivity index (χ2v) is 7.82. The number of benzene rings is 2. The molecule has 0 atom stereocenters. The third-order valence-electron chi connectivity index (χ3n) is 4.30. The summed E-state index contributed by atoms with van der Waals surface area (Å²) in [5, 5.41) is 7.32. The molecule has 3 N–H and O–H groups in total. The Labute approximate surface area is 186 Å². The fourth-order valence-corrected chi connectivity index (χ4v) is 3.70. The molecule has 2 aromatic heterocycles. The summed E-state index contributed by atoms with van der Waals surface area (Å²) in [6.07, 6.45) is -3.73. The van der Waals surface area contributed by atoms with Gasteiger partial charge in [0.2, 0.25) is 5.95 Å². The van der Waals surface area contributed by atoms with Crippen LogP contribution >= 0.6 is 22.9 Å². The van der Waals surface area contributed by atoms with Gasteiger partial charge in [-0.1, -0.05) is 11.6 Å². The number of carbonyl (C=O) groups is 2. The minimum Gasteiger partial charge on any atom is -0.395 e. The molecule has 0 bridgehead atoms. The van der Waals surface area contributed by atoms with Crippen LogP contribution in [0.5, 0.6) is 11.5 Å². The molecule has 9 nitrogen and oxygen atoms in total. The van der Waals surface area contributed by atoms with Gasteiger partial charge in [-0.3, -0.25) is 20.2 Å². The van der Waals surface area contributed by atoms with Gasteiger partial charge in [-0.2, -0.15) is 0 Å². The number of H-pyrrole nitrogens is 1. The summed E-state index contributed by atoms with van der Waals surface area (Å²) in [6.45, 7) is 0. The SMILES string of the molecule is O=C(Nc1nc(C(=O)Nc2nc3cc4c(cc3[nH]2)OC(F)(F)O4)cs1)c1ccc(Cl)cc1. The molecule has 0 saturated heterocycles. The number of alkyl halides is 2. The van der Waals surface area contributed by atoms with Crippen LogP contribution in [0.4, 0.5) is 19.9 Å². The Bertz CT molecular complexity index is 1330. The molecule has 4 aromatic rings. The average Bonchev–Trinajstić information content (AvgIpc) is 3.41. The second-order valence-electron chi connectivity index (χ2n) is 6.52. The largest absolute Gasteiger partial charge is 0.586 e. The van der Waals surface area contributed by atoms with E-state index in [9.17, 15) is 18.4 Å². The monoisotopic (exact) mass is 477 g/mol. The van der Waals surface area contributed by atoms with Crippen LogP contribution in [-0.2, 0) is 0 Å². The minimum absolute atomic E-state index is 0.0515. The smallest absolute Gasteiger partial charge is 0.395 e. The van der Waals surface area contributed by atoms with Gasteiger partial charge in [0.05, 0.1) is 11.0 Å². The normalized spacial score (nSPS) is 13.8. The molecule has 0 aliphatic carbocycles. The van der Waals surface area contributed by atoms with Crippen molar-refractivity contribution in [3.63, 3.8) is 0 Å². The van der Waals surface area contributed by atoms with Crippen LogP contribution in [0.1, 0.15) is 20.8 Å². The number of anilines is 2. The second kappa shape index (κ2) is 7.43. The minimum atomic E-state index is -3.73. The number of ether oxygens (including phenoxy) is 2. The summed E-state index contributed by atoms with van der Waals surface area (Å²) >= 11 is 6.88. The van der Waals surface area contributed by atoms with E-state index in [-0.39, 0.29) is 33.8 Å². The van der Waals surface area contributed by atoms with E-state index in [1.807, 2.05) is 0 Å². The third-order valence-corrected chi connectivity index (χ3v) is 5.31. The van der Waals surface area contributed by atoms with Gasteiger partial charge in [-0.05, 0) is 24.3 Å². The van der Waals surface area contributed by atoms with Gasteiger partial charge < -0.3 is 14.5 Å². The van der Waals surface area contributed by atoms with Crippen molar-refractivity contribution in [2.45, 2.75) is 6.29 Å². The summed E-state index contributed by atoms with van der Waals surface area (Å²) < 4.78 is 35.1. The van der Waals surface area contributed by atoms with E-state index in [0.717, 1.165) is 11.3 Å². The van der Waals surface area contributed by atoms with Crippen LogP contribution in [0.2, 0.25) is 5.02 Å². The first-order chi connectivity index (χ1) is 15.3. The van der Waals surface area contributed by atoms with E-state index in [1.54, 1.807) is 24.3 Å². The van der Waals surface area contributed by atoms with Crippen molar-refractivity contribution in [3.05, 3.63) is 58.1 Å². The molecule has 1 aliphatic rings. The molecule has 3 heterocycles. The molecule has 5 rings (SSSR count). The van der Waals surface area contributed by atoms with Crippen molar-refractivity contribution in [2.75, 3.05) is 10.6 Å². The van der Waals surface area contributed by atoms with E-state index in [2.05, 4.69) is 35.1 Å². The van der Waals surface area contributed by atoms with Gasteiger partial charge in [-0.15, -0.1) is 20.1 Å². The maximum absolute atomic E-state index is 13.2. The molecule has 0 spiro atoms. The lowest BCUT2D eigenvalue weighted by molar-refractivity contribution is -0.286. The fraction of sp³-hybridized carbons (Fsp3) is 0.0526. The highest BCUT2D eigenvalue weighted by Gasteiger charge is 2.43. The van der Waals surface area contributed by atoms with Gasteiger partial charge in [0.1, 0.15) is 5.69 Å². The molecular formula is C19H10ClF2N5O4S. The number of halogens is 3. The summed E-state index contributed by atoms with van der Waals surface area (Å²) in [7, 11) is 0. The lowest BCUT2D eigenvalue weighted by Gasteiger charge is -2.04. The predicted molar refractivity (Wildman–Crippen MR) is 112 cm³/mol. The lowest BCUT2D eigenvalue weighted by atomic mass is 10.2. The van der Waals surface area contributed by atoms with Crippen LogP contribution in [0, 0.1) is 0 Å². The third kappa shape index (κ3) is 3.92. The number of nitrogens with zero attached hydrogens (tertiary/aromatic N) is 2. The number of hydrogen-bond acceptors (Lipinski definition) is 7. The number of nitrogens with one attached hydrogen (secondary N) is 3. The highest BCUT2D eigenvalue weighted by molar-refractivity contribution is 7.14. The molecule has 13 heteroatoms. The Morgan fingerprint density at radius 3 is 2.50 bits per heavy atom. The first kappa shape index (κ1) is 20.2. The molecule has 1 aliphatic heterocycles. The zero-order valence-corrected chi connectivity index (χ0v) is 17.2. The van der Waals surface area contributed by atoms with Crippen molar-refractivity contribution < 1.29 is 27.8 Å². The quantitative estimate of drug-likeness (QED) is 0.398. The van der Waals surface area contributed by atoms with Gasteiger partial charge in [0.25, 0.3) is 11.8 Å². The topological polar surface area (TPSA) is 118 Å². The van der Waals surface area contributed by atoms with Crippen LogP contribution < -0.4 is 20.1 Å². The zero-order valence-electron chi connectivity index (χ0n) is 15.6. The standard InChI is InChI=1S/C19H10ClF2N5O4S/c20-9-3-1-8(2-4-9)15(28)27-18-25-12(7-32-18)16(29)26-17-23-10-5-13-14(6-11(10)24-17)31-19(21,22)30-13/h1-7H,(H,25,27,28)(H2,23,24,26,29). The van der Waals surface area contributed by atoms with Crippen LogP contribution in [0.25, 0.3) is 11.0 Å². The predicted octanol–water partition coefficient (Wildman–Crippen LogP) is 4.50. The van der Waals surface area contributed by atoms with Crippen molar-refractivity contribution in [1.29, 1.82) is 0 Å². The molecule has 2 aromatic carbocycles. The van der Waals surface area contributed by atoms with Crippen LogP contribution in [-0.4, -0.2) is 33.1 Å². The highest BCUT2D eigenvalue weighted by atomic mass is 35.5. The van der Waals surface area contributed by atoms with E-state index in [4.69, 9.17) is 11.6 Å². The maximum atomic E-state index is 13.2. The fourth-order valence-electron chi connectivity index (χ4n) is 2.89. The number of rotatable bonds is 4. The van der Waals surface area contributed by atoms with Crippen molar-refractivity contribution in [2.24, 2.45) is 0 Å². The Kier molecular flexibility index (Phi) is 4.68. The Balaban J connectivity index is 1.27. The van der Waals surface area contributed by atoms with Gasteiger partial charge in [-0.25, -0.2) is 9.97 Å². The Morgan fingerprint density at radius 2 is 1.75 bits per heavy atom. The zero-order chi connectivity index (χ0) is 22.5. The number of thiazole rings is 1. The van der Waals surface area contributed by atoms with E-state index in [1.165, 1.54) is 17.5 Å². The van der Waals surface area contributed by atoms with Gasteiger partial charge >= 0.3 is 6.29 Å². The first-order valence-corrected chi connectivity index (χ1v) is 10.1. The Morgan fingerprint density at radius 1 is 1.03 bits per heavy atom. The number of aromatic nitrogens is 3. The molecule has 2 amide bonds. The van der Waals surface area contributed by atoms with Gasteiger partial charge in [0.15, 0.2) is 16.6 Å². The molecule has 0 unspecified atom stereocenters. The molecule has 0 fully saturated rings. The van der Waals surface area contributed by atoms with E-state index in [0.29, 0.717) is 16.1 Å². The highest BCUT2D eigenvalue weighted by Crippen LogP contribution is 2.42. The number of fused-ring (bicyclic) bond motifs is 2. The summed E-state index contributed by atoms with van der Waals surface area (Å²) in [4.78, 5) is 35.7. The van der Waals surface area contributed by atoms with Gasteiger partial charge in [0, 0.05) is 28.1 Å². The number of hydrogen-bond donors (Lipinski definition) is 3. The molecule has 162 valence electrons. The van der Waals surface area contributed by atoms with Crippen molar-refractivity contribution >= 4 is 56.9 Å². The van der Waals surface area contributed by atoms with Crippen LogP contribution in [0.15, 0.2) is 41.8 Å². The number of amides is 2. The summed E-state index contributed by atoms with van der Waals surface area (Å²) in [5.41, 5.74) is 1.08. The molecular weight excluding hydrogens is 468 g/mol. The Hall–Kier alpha value is -3.77. The molecule has 0 saturated carbocycles. The summed E-state index contributed by atoms with van der Waals surface area (Å²) in [5.74, 6) is -1.22.